The third-order valence-corrected chi connectivity index (χ3v) is 4.73. The zero-order valence-electron chi connectivity index (χ0n) is 14.3. The molecular weight excluding hydrogens is 264 g/mol. The highest BCUT2D eigenvalue weighted by molar-refractivity contribution is 5.43. The molecule has 0 spiro atoms. The monoisotopic (exact) mass is 294 g/mol. The molecule has 0 heterocycles. The van der Waals surface area contributed by atoms with Gasteiger partial charge in [-0.05, 0) is 50.2 Å². The Balaban J connectivity index is 2.14. The van der Waals surface area contributed by atoms with Gasteiger partial charge in [-0.1, -0.05) is 75.1 Å². The Kier molecular flexibility index (Phi) is 7.31. The van der Waals surface area contributed by atoms with E-state index in [0.29, 0.717) is 0 Å². The average Bonchev–Trinajstić information content (AvgIpc) is 2.56. The van der Waals surface area contributed by atoms with Crippen LogP contribution in [0.2, 0.25) is 0 Å². The lowest BCUT2D eigenvalue weighted by atomic mass is 9.81. The van der Waals surface area contributed by atoms with Gasteiger partial charge in [0.2, 0.25) is 0 Å². The van der Waals surface area contributed by atoms with Gasteiger partial charge in [0, 0.05) is 11.1 Å². The lowest BCUT2D eigenvalue weighted by Crippen LogP contribution is -2.08. The Bertz CT molecular complexity index is 524. The van der Waals surface area contributed by atoms with E-state index >= 15 is 0 Å². The molecule has 1 saturated carbocycles. The zero-order valence-corrected chi connectivity index (χ0v) is 14.3. The van der Waals surface area contributed by atoms with Crippen LogP contribution in [0, 0.1) is 17.8 Å². The van der Waals surface area contributed by atoms with Gasteiger partial charge in [0.25, 0.3) is 0 Å². The first kappa shape index (κ1) is 16.9. The Hall–Kier alpha value is -1.48. The molecule has 22 heavy (non-hydrogen) atoms. The van der Waals surface area contributed by atoms with Crippen molar-refractivity contribution in [2.24, 2.45) is 5.92 Å². The molecule has 0 amide bonds. The number of rotatable bonds is 5. The molecule has 0 aromatic heterocycles. The SMILES string of the molecule is CCCCCC/C(C#Cc1ccccc1)=C1\CCCCC1C. The Labute approximate surface area is 137 Å². The minimum Gasteiger partial charge on any atom is -0.0661 e. The van der Waals surface area contributed by atoms with Crippen molar-refractivity contribution < 1.29 is 0 Å². The number of hydrogen-bond donors (Lipinski definition) is 0. The largest absolute Gasteiger partial charge is 0.0661 e. The van der Waals surface area contributed by atoms with Gasteiger partial charge in [-0.25, -0.2) is 0 Å². The Morgan fingerprint density at radius 1 is 1.09 bits per heavy atom. The Morgan fingerprint density at radius 2 is 1.91 bits per heavy atom. The highest BCUT2D eigenvalue weighted by Gasteiger charge is 2.17. The molecule has 0 N–H and O–H groups in total. The summed E-state index contributed by atoms with van der Waals surface area (Å²) in [6, 6.07) is 10.4. The van der Waals surface area contributed by atoms with Crippen molar-refractivity contribution in [2.75, 3.05) is 0 Å². The van der Waals surface area contributed by atoms with Crippen LogP contribution >= 0.6 is 0 Å². The summed E-state index contributed by atoms with van der Waals surface area (Å²) in [4.78, 5) is 0. The van der Waals surface area contributed by atoms with Crippen molar-refractivity contribution in [3.8, 4) is 11.8 Å². The molecule has 1 aromatic rings. The van der Waals surface area contributed by atoms with Gasteiger partial charge in [0.1, 0.15) is 0 Å². The third-order valence-electron chi connectivity index (χ3n) is 4.73. The van der Waals surface area contributed by atoms with E-state index in [2.05, 4.69) is 56.0 Å². The van der Waals surface area contributed by atoms with Gasteiger partial charge < -0.3 is 0 Å². The highest BCUT2D eigenvalue weighted by Crippen LogP contribution is 2.32. The molecule has 2 rings (SSSR count). The summed E-state index contributed by atoms with van der Waals surface area (Å²) in [5, 5.41) is 0. The van der Waals surface area contributed by atoms with E-state index in [1.54, 1.807) is 5.57 Å². The van der Waals surface area contributed by atoms with Crippen LogP contribution in [0.25, 0.3) is 0 Å². The van der Waals surface area contributed by atoms with E-state index < -0.39 is 0 Å². The maximum Gasteiger partial charge on any atom is 0.0248 e. The molecule has 1 fully saturated rings. The van der Waals surface area contributed by atoms with E-state index in [4.69, 9.17) is 0 Å². The second kappa shape index (κ2) is 9.52. The molecule has 0 bridgehead atoms. The van der Waals surface area contributed by atoms with Crippen molar-refractivity contribution in [1.82, 2.24) is 0 Å². The average molecular weight is 294 g/mol. The predicted octanol–water partition coefficient (Wildman–Crippen LogP) is 6.52. The maximum absolute atomic E-state index is 3.54. The second-order valence-electron chi connectivity index (χ2n) is 6.58. The van der Waals surface area contributed by atoms with Gasteiger partial charge in [-0.2, -0.15) is 0 Å². The topological polar surface area (TPSA) is 0 Å². The minimum absolute atomic E-state index is 0.736. The lowest BCUT2D eigenvalue weighted by Gasteiger charge is -2.24. The molecule has 1 unspecified atom stereocenters. The summed E-state index contributed by atoms with van der Waals surface area (Å²) >= 11 is 0. The molecule has 0 heteroatoms. The van der Waals surface area contributed by atoms with Crippen LogP contribution in [-0.2, 0) is 0 Å². The van der Waals surface area contributed by atoms with Gasteiger partial charge in [0.05, 0.1) is 0 Å². The van der Waals surface area contributed by atoms with Gasteiger partial charge in [0.15, 0.2) is 0 Å². The normalized spacial score (nSPS) is 20.2. The van der Waals surface area contributed by atoms with Crippen molar-refractivity contribution in [3.05, 3.63) is 47.0 Å². The standard InChI is InChI=1S/C22H30/c1-3-4-5-9-15-21(22-16-11-10-12-19(22)2)18-17-20-13-7-6-8-14-20/h6-8,13-14,19H,3-5,9-12,15-16H2,1-2H3/b22-21-. The molecule has 0 nitrogen and oxygen atoms in total. The first-order valence-corrected chi connectivity index (χ1v) is 9.10. The molecule has 1 atom stereocenters. The molecule has 0 aliphatic heterocycles. The summed E-state index contributed by atoms with van der Waals surface area (Å²) in [5.41, 5.74) is 4.25. The summed E-state index contributed by atoms with van der Waals surface area (Å²) in [6.45, 7) is 4.67. The van der Waals surface area contributed by atoms with E-state index in [1.165, 1.54) is 63.4 Å². The van der Waals surface area contributed by atoms with Gasteiger partial charge in [-0.3, -0.25) is 0 Å². The van der Waals surface area contributed by atoms with E-state index in [1.807, 2.05) is 0 Å². The quantitative estimate of drug-likeness (QED) is 0.428. The van der Waals surface area contributed by atoms with E-state index in [9.17, 15) is 0 Å². The number of allylic oxidation sites excluding steroid dienone is 2. The predicted molar refractivity (Wildman–Crippen MR) is 96.7 cm³/mol. The van der Waals surface area contributed by atoms with Gasteiger partial charge in [-0.15, -0.1) is 0 Å². The molecular formula is C22H30. The van der Waals surface area contributed by atoms with Gasteiger partial charge >= 0.3 is 0 Å². The molecule has 1 aliphatic rings. The number of benzene rings is 1. The summed E-state index contributed by atoms with van der Waals surface area (Å²) in [6.07, 6.45) is 11.8. The van der Waals surface area contributed by atoms with Crippen LogP contribution in [0.4, 0.5) is 0 Å². The molecule has 118 valence electrons. The lowest BCUT2D eigenvalue weighted by molar-refractivity contribution is 0.477. The second-order valence-corrected chi connectivity index (χ2v) is 6.58. The molecule has 0 saturated heterocycles. The van der Waals surface area contributed by atoms with Crippen molar-refractivity contribution in [2.45, 2.75) is 71.6 Å². The first-order chi connectivity index (χ1) is 10.8. The minimum atomic E-state index is 0.736. The fourth-order valence-corrected chi connectivity index (χ4v) is 3.34. The summed E-state index contributed by atoms with van der Waals surface area (Å²) < 4.78 is 0. The van der Waals surface area contributed by atoms with Crippen LogP contribution in [-0.4, -0.2) is 0 Å². The van der Waals surface area contributed by atoms with Crippen LogP contribution < -0.4 is 0 Å². The smallest absolute Gasteiger partial charge is 0.0248 e. The zero-order chi connectivity index (χ0) is 15.6. The molecule has 0 radical (unpaired) electrons. The van der Waals surface area contributed by atoms with Crippen molar-refractivity contribution >= 4 is 0 Å². The van der Waals surface area contributed by atoms with Crippen LogP contribution in [0.15, 0.2) is 41.5 Å². The summed E-state index contributed by atoms with van der Waals surface area (Å²) in [5.74, 6) is 7.67. The molecule has 1 aromatic carbocycles. The van der Waals surface area contributed by atoms with Crippen LogP contribution in [0.1, 0.15) is 77.2 Å². The Morgan fingerprint density at radius 3 is 2.64 bits per heavy atom. The maximum atomic E-state index is 3.54. The highest BCUT2D eigenvalue weighted by atomic mass is 14.2. The first-order valence-electron chi connectivity index (χ1n) is 9.10. The third kappa shape index (κ3) is 5.38. The number of hydrogen-bond acceptors (Lipinski definition) is 0. The van der Waals surface area contributed by atoms with E-state index in [-0.39, 0.29) is 0 Å². The fourth-order valence-electron chi connectivity index (χ4n) is 3.34. The van der Waals surface area contributed by atoms with Crippen LogP contribution in [0.3, 0.4) is 0 Å². The van der Waals surface area contributed by atoms with Crippen molar-refractivity contribution in [1.29, 1.82) is 0 Å². The number of unbranched alkanes of at least 4 members (excludes halogenated alkanes) is 3. The van der Waals surface area contributed by atoms with Crippen molar-refractivity contribution in [3.63, 3.8) is 0 Å². The van der Waals surface area contributed by atoms with E-state index in [0.717, 1.165) is 11.5 Å². The van der Waals surface area contributed by atoms with Crippen LogP contribution in [0.5, 0.6) is 0 Å². The summed E-state index contributed by atoms with van der Waals surface area (Å²) in [7, 11) is 0. The fraction of sp³-hybridized carbons (Fsp3) is 0.545. The molecule has 1 aliphatic carbocycles.